The summed E-state index contributed by atoms with van der Waals surface area (Å²) >= 11 is 8.55. The zero-order valence-corrected chi connectivity index (χ0v) is 32.3. The highest BCUT2D eigenvalue weighted by Crippen LogP contribution is 2.41. The molecular formula is C41H59NO3S3. The lowest BCUT2D eigenvalue weighted by molar-refractivity contribution is -0.142. The van der Waals surface area contributed by atoms with Gasteiger partial charge in [0.25, 0.3) is 0 Å². The maximum atomic E-state index is 14.4. The number of hydrogen-bond donors (Lipinski definition) is 2. The van der Waals surface area contributed by atoms with Crippen LogP contribution in [0.4, 0.5) is 0 Å². The van der Waals surface area contributed by atoms with Crippen molar-refractivity contribution in [2.24, 2.45) is 5.92 Å². The molecule has 4 rings (SSSR count). The van der Waals surface area contributed by atoms with E-state index < -0.39 is 11.6 Å². The maximum Gasteiger partial charge on any atom is 0.328 e. The van der Waals surface area contributed by atoms with E-state index in [1.54, 1.807) is 0 Å². The number of carbonyl (C=O) groups excluding carboxylic acids is 1. The van der Waals surface area contributed by atoms with Crippen LogP contribution in [-0.4, -0.2) is 47.4 Å². The SMILES string of the molecule is CC/C=C(/CC(NC(SC(CS)c1ccccc1)C(C)(CCSC)OCCC1CCC1)C(=O)OC1=CCCCCC1)c1ccccc1C. The molecule has 2 aliphatic carbocycles. The molecule has 0 aliphatic heterocycles. The van der Waals surface area contributed by atoms with Crippen molar-refractivity contribution in [3.63, 3.8) is 0 Å². The molecule has 264 valence electrons. The maximum absolute atomic E-state index is 14.4. The summed E-state index contributed by atoms with van der Waals surface area (Å²) < 4.78 is 13.3. The van der Waals surface area contributed by atoms with Gasteiger partial charge in [0.05, 0.1) is 11.0 Å². The number of allylic oxidation sites excluding steroid dienone is 3. The monoisotopic (exact) mass is 709 g/mol. The van der Waals surface area contributed by atoms with Gasteiger partial charge in [0.2, 0.25) is 0 Å². The lowest BCUT2D eigenvalue weighted by atomic mass is 9.83. The number of carbonyl (C=O) groups is 1. The lowest BCUT2D eigenvalue weighted by Gasteiger charge is -2.41. The Labute approximate surface area is 305 Å². The van der Waals surface area contributed by atoms with E-state index in [0.717, 1.165) is 69.0 Å². The van der Waals surface area contributed by atoms with Crippen LogP contribution in [0, 0.1) is 12.8 Å². The molecule has 2 aromatic carbocycles. The molecule has 1 N–H and O–H groups in total. The second kappa shape index (κ2) is 20.9. The number of benzene rings is 2. The Morgan fingerprint density at radius 3 is 2.54 bits per heavy atom. The number of nitrogens with one attached hydrogen (secondary N) is 1. The average Bonchev–Trinajstić information content (AvgIpc) is 3.35. The molecule has 0 amide bonds. The zero-order valence-electron chi connectivity index (χ0n) is 29.8. The van der Waals surface area contributed by atoms with Crippen molar-refractivity contribution in [3.8, 4) is 0 Å². The molecule has 0 radical (unpaired) electrons. The number of hydrogen-bond acceptors (Lipinski definition) is 7. The summed E-state index contributed by atoms with van der Waals surface area (Å²) in [5.41, 5.74) is 4.31. The second-order valence-electron chi connectivity index (χ2n) is 13.7. The van der Waals surface area contributed by atoms with Crippen LogP contribution in [0.5, 0.6) is 0 Å². The summed E-state index contributed by atoms with van der Waals surface area (Å²) in [6.07, 6.45) is 19.1. The van der Waals surface area contributed by atoms with Gasteiger partial charge in [-0.3, -0.25) is 5.32 Å². The number of rotatable bonds is 20. The predicted octanol–water partition coefficient (Wildman–Crippen LogP) is 11.0. The standard InChI is InChI=1S/C41H59NO3S3/c1-5-16-34(36-24-14-13-17-31(36)2)29-37(39(43)45-35-22-11-6-7-12-23-35)42-40(48-38(30-46)33-20-9-8-10-21-33)41(3,26-28-47-4)44-27-25-32-18-15-19-32/h8-10,13-14,16-17,20-22,24,32,37-38,40,42,46H,5-7,11-12,15,18-19,23,25-30H2,1-4H3/b34-16-. The minimum Gasteiger partial charge on any atom is -0.430 e. The molecule has 0 saturated heterocycles. The second-order valence-corrected chi connectivity index (χ2v) is 16.3. The summed E-state index contributed by atoms with van der Waals surface area (Å²) in [6.45, 7) is 7.31. The minimum absolute atomic E-state index is 0.124. The van der Waals surface area contributed by atoms with Gasteiger partial charge in [-0.15, -0.1) is 11.8 Å². The normalized spacial score (nSPS) is 18.9. The third kappa shape index (κ3) is 12.0. The van der Waals surface area contributed by atoms with Gasteiger partial charge in [-0.05, 0) is 105 Å². The topological polar surface area (TPSA) is 47.6 Å². The highest BCUT2D eigenvalue weighted by atomic mass is 32.2. The Morgan fingerprint density at radius 2 is 1.85 bits per heavy atom. The van der Waals surface area contributed by atoms with Crippen molar-refractivity contribution >= 4 is 47.7 Å². The highest BCUT2D eigenvalue weighted by Gasteiger charge is 2.40. The number of aryl methyl sites for hydroxylation is 1. The van der Waals surface area contributed by atoms with Crippen LogP contribution in [0.2, 0.25) is 0 Å². The molecule has 1 fully saturated rings. The third-order valence-electron chi connectivity index (χ3n) is 9.91. The van der Waals surface area contributed by atoms with E-state index in [0.29, 0.717) is 12.2 Å². The molecule has 48 heavy (non-hydrogen) atoms. The van der Waals surface area contributed by atoms with Gasteiger partial charge in [-0.25, -0.2) is 4.79 Å². The van der Waals surface area contributed by atoms with Crippen molar-refractivity contribution in [2.75, 3.05) is 24.4 Å². The van der Waals surface area contributed by atoms with E-state index in [4.69, 9.17) is 22.1 Å². The Kier molecular flexibility index (Phi) is 17.0. The number of thioether (sulfide) groups is 2. The molecule has 2 aliphatic rings. The van der Waals surface area contributed by atoms with Crippen LogP contribution >= 0.6 is 36.2 Å². The van der Waals surface area contributed by atoms with E-state index in [1.807, 2.05) is 23.5 Å². The van der Waals surface area contributed by atoms with Gasteiger partial charge in [-0.1, -0.05) is 93.3 Å². The van der Waals surface area contributed by atoms with Crippen LogP contribution < -0.4 is 5.32 Å². The largest absolute Gasteiger partial charge is 0.430 e. The quantitative estimate of drug-likeness (QED) is 0.0811. The Balaban J connectivity index is 1.71. The van der Waals surface area contributed by atoms with Gasteiger partial charge in [0, 0.05) is 24.0 Å². The molecule has 0 spiro atoms. The smallest absolute Gasteiger partial charge is 0.328 e. The van der Waals surface area contributed by atoms with Crippen LogP contribution in [0.1, 0.15) is 113 Å². The fourth-order valence-corrected chi connectivity index (χ4v) is 9.14. The van der Waals surface area contributed by atoms with Gasteiger partial charge < -0.3 is 9.47 Å². The summed E-state index contributed by atoms with van der Waals surface area (Å²) in [5.74, 6) is 3.05. The molecule has 4 unspecified atom stereocenters. The van der Waals surface area contributed by atoms with Crippen molar-refractivity contribution in [1.29, 1.82) is 0 Å². The Bertz CT molecular complexity index is 1310. The Morgan fingerprint density at radius 1 is 1.08 bits per heavy atom. The fourth-order valence-electron chi connectivity index (χ4n) is 6.62. The first-order chi connectivity index (χ1) is 23.4. The first-order valence-electron chi connectivity index (χ1n) is 18.2. The van der Waals surface area contributed by atoms with Crippen LogP contribution in [0.15, 0.2) is 72.5 Å². The summed E-state index contributed by atoms with van der Waals surface area (Å²) in [6, 6.07) is 18.6. The molecule has 0 heterocycles. The molecule has 7 heteroatoms. The predicted molar refractivity (Wildman–Crippen MR) is 212 cm³/mol. The van der Waals surface area contributed by atoms with Crippen LogP contribution in [0.3, 0.4) is 0 Å². The van der Waals surface area contributed by atoms with E-state index >= 15 is 0 Å². The average molecular weight is 710 g/mol. The minimum atomic E-state index is -0.552. The fraction of sp³-hybridized carbons (Fsp3) is 0.585. The zero-order chi connectivity index (χ0) is 34.2. The number of esters is 1. The van der Waals surface area contributed by atoms with Crippen LogP contribution in [-0.2, 0) is 14.3 Å². The third-order valence-corrected chi connectivity index (χ3v) is 12.8. The highest BCUT2D eigenvalue weighted by molar-refractivity contribution is 8.00. The van der Waals surface area contributed by atoms with E-state index in [9.17, 15) is 4.79 Å². The number of thiol groups is 1. The Hall–Kier alpha value is -1.64. The van der Waals surface area contributed by atoms with Gasteiger partial charge in [0.15, 0.2) is 0 Å². The molecule has 0 aromatic heterocycles. The van der Waals surface area contributed by atoms with Crippen molar-refractivity contribution in [2.45, 2.75) is 120 Å². The van der Waals surface area contributed by atoms with Crippen molar-refractivity contribution in [1.82, 2.24) is 5.32 Å². The van der Waals surface area contributed by atoms with Crippen molar-refractivity contribution in [3.05, 3.63) is 89.2 Å². The molecule has 0 bridgehead atoms. The van der Waals surface area contributed by atoms with Gasteiger partial charge in [-0.2, -0.15) is 24.4 Å². The molecular weight excluding hydrogens is 651 g/mol. The molecule has 4 nitrogen and oxygen atoms in total. The van der Waals surface area contributed by atoms with E-state index in [-0.39, 0.29) is 16.6 Å². The molecule has 4 atom stereocenters. The lowest BCUT2D eigenvalue weighted by Crippen LogP contribution is -2.55. The van der Waals surface area contributed by atoms with Gasteiger partial charge in [0.1, 0.15) is 11.8 Å². The summed E-state index contributed by atoms with van der Waals surface area (Å²) in [4.78, 5) is 14.4. The summed E-state index contributed by atoms with van der Waals surface area (Å²) in [7, 11) is 0. The molecule has 1 saturated carbocycles. The first-order valence-corrected chi connectivity index (χ1v) is 21.2. The van der Waals surface area contributed by atoms with Crippen molar-refractivity contribution < 1.29 is 14.3 Å². The first kappa shape index (κ1) is 39.2. The molecule has 2 aromatic rings. The van der Waals surface area contributed by atoms with E-state index in [1.165, 1.54) is 47.9 Å². The van der Waals surface area contributed by atoms with Gasteiger partial charge >= 0.3 is 5.97 Å². The summed E-state index contributed by atoms with van der Waals surface area (Å²) in [5, 5.41) is 3.89. The van der Waals surface area contributed by atoms with E-state index in [2.05, 4.69) is 99.1 Å². The van der Waals surface area contributed by atoms with Crippen LogP contribution in [0.25, 0.3) is 5.57 Å². The number of ether oxygens (including phenoxy) is 2.